The van der Waals surface area contributed by atoms with Crippen LogP contribution in [0.3, 0.4) is 0 Å². The lowest BCUT2D eigenvalue weighted by molar-refractivity contribution is 0.121. The lowest BCUT2D eigenvalue weighted by Crippen LogP contribution is -2.24. The van der Waals surface area contributed by atoms with Gasteiger partial charge in [0.15, 0.2) is 0 Å². The minimum Gasteiger partial charge on any atom is -0.380 e. The average Bonchev–Trinajstić information content (AvgIpc) is 2.26. The molecule has 0 aromatic carbocycles. The summed E-state index contributed by atoms with van der Waals surface area (Å²) in [7, 11) is 0. The molecule has 3 nitrogen and oxygen atoms in total. The quantitative estimate of drug-likeness (QED) is 0.399. The van der Waals surface area contributed by atoms with Crippen molar-refractivity contribution >= 4 is 0 Å². The van der Waals surface area contributed by atoms with Gasteiger partial charge in [-0.15, -0.1) is 6.58 Å². The molecule has 0 aliphatic rings. The first kappa shape index (κ1) is 14.6. The van der Waals surface area contributed by atoms with Gasteiger partial charge in [-0.05, 0) is 12.8 Å². The maximum absolute atomic E-state index is 5.40. The van der Waals surface area contributed by atoms with Crippen LogP contribution in [0.2, 0.25) is 0 Å². The molecule has 0 aromatic heterocycles. The van der Waals surface area contributed by atoms with Gasteiger partial charge in [-0.3, -0.25) is 0 Å². The standard InChI is InChI=1S/C12H25NO2/c1-3-5-9-14-11-7-13-8-12-15-10-6-4-2/h3,13H,1,4-12H2,2H3. The van der Waals surface area contributed by atoms with E-state index in [4.69, 9.17) is 9.47 Å². The van der Waals surface area contributed by atoms with Crippen LogP contribution in [0.1, 0.15) is 26.2 Å². The Hall–Kier alpha value is -0.380. The molecular weight excluding hydrogens is 190 g/mol. The van der Waals surface area contributed by atoms with Crippen molar-refractivity contribution in [3.8, 4) is 0 Å². The summed E-state index contributed by atoms with van der Waals surface area (Å²) in [4.78, 5) is 0. The van der Waals surface area contributed by atoms with E-state index in [1.807, 2.05) is 6.08 Å². The largest absolute Gasteiger partial charge is 0.380 e. The Kier molecular flexibility index (Phi) is 13.3. The van der Waals surface area contributed by atoms with Crippen LogP contribution < -0.4 is 5.32 Å². The SMILES string of the molecule is C=CCCOCCNCCOCCCC. The first-order valence-electron chi connectivity index (χ1n) is 5.89. The fraction of sp³-hybridized carbons (Fsp3) is 0.833. The number of ether oxygens (including phenoxy) is 2. The van der Waals surface area contributed by atoms with Crippen LogP contribution in [-0.4, -0.2) is 39.5 Å². The third-order valence-corrected chi connectivity index (χ3v) is 1.95. The lowest BCUT2D eigenvalue weighted by atomic mass is 10.4. The van der Waals surface area contributed by atoms with Crippen molar-refractivity contribution in [3.63, 3.8) is 0 Å². The summed E-state index contributed by atoms with van der Waals surface area (Å²) in [6, 6.07) is 0. The monoisotopic (exact) mass is 215 g/mol. The van der Waals surface area contributed by atoms with Crippen molar-refractivity contribution in [2.24, 2.45) is 0 Å². The highest BCUT2D eigenvalue weighted by atomic mass is 16.5. The molecule has 0 radical (unpaired) electrons. The first-order valence-corrected chi connectivity index (χ1v) is 5.89. The number of rotatable bonds is 12. The second-order valence-electron chi connectivity index (χ2n) is 3.41. The van der Waals surface area contributed by atoms with Gasteiger partial charge >= 0.3 is 0 Å². The molecule has 0 heterocycles. The number of hydrogen-bond donors (Lipinski definition) is 1. The fourth-order valence-electron chi connectivity index (χ4n) is 1.03. The molecule has 3 heteroatoms. The van der Waals surface area contributed by atoms with E-state index in [9.17, 15) is 0 Å². The first-order chi connectivity index (χ1) is 7.41. The number of unbranched alkanes of at least 4 members (excludes halogenated alkanes) is 1. The molecule has 0 saturated heterocycles. The summed E-state index contributed by atoms with van der Waals surface area (Å²) in [5.74, 6) is 0. The minimum absolute atomic E-state index is 0.767. The van der Waals surface area contributed by atoms with E-state index in [0.717, 1.165) is 52.4 Å². The van der Waals surface area contributed by atoms with E-state index in [1.54, 1.807) is 0 Å². The molecule has 0 saturated carbocycles. The van der Waals surface area contributed by atoms with Crippen LogP contribution in [0.4, 0.5) is 0 Å². The topological polar surface area (TPSA) is 30.5 Å². The molecule has 0 rings (SSSR count). The molecule has 0 spiro atoms. The third kappa shape index (κ3) is 13.6. The Morgan fingerprint density at radius 3 is 2.33 bits per heavy atom. The Balaban J connectivity index is 2.83. The van der Waals surface area contributed by atoms with Crippen molar-refractivity contribution < 1.29 is 9.47 Å². The zero-order chi connectivity index (χ0) is 11.2. The van der Waals surface area contributed by atoms with Crippen molar-refractivity contribution in [1.82, 2.24) is 5.32 Å². The van der Waals surface area contributed by atoms with Gasteiger partial charge in [0.25, 0.3) is 0 Å². The minimum atomic E-state index is 0.767. The molecule has 0 bridgehead atoms. The highest BCUT2D eigenvalue weighted by molar-refractivity contribution is 4.64. The second kappa shape index (κ2) is 13.6. The molecule has 0 atom stereocenters. The zero-order valence-corrected chi connectivity index (χ0v) is 9.96. The van der Waals surface area contributed by atoms with E-state index < -0.39 is 0 Å². The molecule has 0 amide bonds. The summed E-state index contributed by atoms with van der Waals surface area (Å²) in [5, 5.41) is 3.26. The summed E-state index contributed by atoms with van der Waals surface area (Å²) in [5.41, 5.74) is 0. The summed E-state index contributed by atoms with van der Waals surface area (Å²) >= 11 is 0. The maximum Gasteiger partial charge on any atom is 0.0591 e. The number of hydrogen-bond acceptors (Lipinski definition) is 3. The average molecular weight is 215 g/mol. The highest BCUT2D eigenvalue weighted by Crippen LogP contribution is 1.86. The maximum atomic E-state index is 5.40. The Labute approximate surface area is 93.8 Å². The second-order valence-corrected chi connectivity index (χ2v) is 3.41. The molecule has 0 aliphatic carbocycles. The van der Waals surface area contributed by atoms with Gasteiger partial charge in [0, 0.05) is 19.7 Å². The summed E-state index contributed by atoms with van der Waals surface area (Å²) in [6.07, 6.45) is 5.16. The van der Waals surface area contributed by atoms with Gasteiger partial charge in [0.1, 0.15) is 0 Å². The van der Waals surface area contributed by atoms with Gasteiger partial charge in [0.2, 0.25) is 0 Å². The predicted octanol–water partition coefficient (Wildman–Crippen LogP) is 1.99. The predicted molar refractivity (Wildman–Crippen MR) is 64.2 cm³/mol. The molecule has 0 aromatic rings. The molecule has 0 unspecified atom stereocenters. The molecule has 0 aliphatic heterocycles. The van der Waals surface area contributed by atoms with Gasteiger partial charge < -0.3 is 14.8 Å². The molecule has 0 fully saturated rings. The highest BCUT2D eigenvalue weighted by Gasteiger charge is 1.89. The van der Waals surface area contributed by atoms with Crippen LogP contribution in [-0.2, 0) is 9.47 Å². The van der Waals surface area contributed by atoms with Crippen LogP contribution in [0.25, 0.3) is 0 Å². The van der Waals surface area contributed by atoms with Crippen molar-refractivity contribution in [1.29, 1.82) is 0 Å². The van der Waals surface area contributed by atoms with Gasteiger partial charge in [-0.25, -0.2) is 0 Å². The summed E-state index contributed by atoms with van der Waals surface area (Å²) in [6.45, 7) is 10.8. The van der Waals surface area contributed by atoms with Crippen molar-refractivity contribution in [3.05, 3.63) is 12.7 Å². The van der Waals surface area contributed by atoms with Gasteiger partial charge in [-0.2, -0.15) is 0 Å². The van der Waals surface area contributed by atoms with Crippen LogP contribution in [0, 0.1) is 0 Å². The third-order valence-electron chi connectivity index (χ3n) is 1.95. The van der Waals surface area contributed by atoms with E-state index in [1.165, 1.54) is 6.42 Å². The summed E-state index contributed by atoms with van der Waals surface area (Å²) < 4.78 is 10.7. The van der Waals surface area contributed by atoms with Crippen LogP contribution >= 0.6 is 0 Å². The smallest absolute Gasteiger partial charge is 0.0591 e. The number of nitrogens with one attached hydrogen (secondary N) is 1. The van der Waals surface area contributed by atoms with Crippen LogP contribution in [0.5, 0.6) is 0 Å². The fourth-order valence-corrected chi connectivity index (χ4v) is 1.03. The molecule has 90 valence electrons. The molecule has 15 heavy (non-hydrogen) atoms. The molecular formula is C12H25NO2. The van der Waals surface area contributed by atoms with E-state index in [0.29, 0.717) is 0 Å². The Bertz CT molecular complexity index is 129. The van der Waals surface area contributed by atoms with E-state index in [-0.39, 0.29) is 0 Å². The van der Waals surface area contributed by atoms with Crippen LogP contribution in [0.15, 0.2) is 12.7 Å². The zero-order valence-electron chi connectivity index (χ0n) is 9.96. The van der Waals surface area contributed by atoms with Crippen molar-refractivity contribution in [2.45, 2.75) is 26.2 Å². The van der Waals surface area contributed by atoms with Gasteiger partial charge in [0.05, 0.1) is 19.8 Å². The lowest BCUT2D eigenvalue weighted by Gasteiger charge is -2.06. The Morgan fingerprint density at radius 1 is 1.07 bits per heavy atom. The van der Waals surface area contributed by atoms with Gasteiger partial charge in [-0.1, -0.05) is 19.4 Å². The van der Waals surface area contributed by atoms with E-state index >= 15 is 0 Å². The molecule has 1 N–H and O–H groups in total. The normalized spacial score (nSPS) is 10.5. The Morgan fingerprint density at radius 2 is 1.73 bits per heavy atom. The van der Waals surface area contributed by atoms with Crippen molar-refractivity contribution in [2.75, 3.05) is 39.5 Å². The van der Waals surface area contributed by atoms with E-state index in [2.05, 4.69) is 18.8 Å².